The Labute approximate surface area is 218 Å². The van der Waals surface area contributed by atoms with Crippen LogP contribution in [0.25, 0.3) is 0 Å². The third-order valence-electron chi connectivity index (χ3n) is 7.79. The highest BCUT2D eigenvalue weighted by molar-refractivity contribution is 5.87. The van der Waals surface area contributed by atoms with Crippen LogP contribution in [-0.4, -0.2) is 91.5 Å². The zero-order chi connectivity index (χ0) is 26.6. The van der Waals surface area contributed by atoms with Gasteiger partial charge in [-0.1, -0.05) is 32.9 Å². The quantitative estimate of drug-likeness (QED) is 0.467. The predicted octanol–water partition coefficient (Wildman–Crippen LogP) is 2.39. The predicted molar refractivity (Wildman–Crippen MR) is 137 cm³/mol. The van der Waals surface area contributed by atoms with Crippen molar-refractivity contribution in [1.82, 2.24) is 15.3 Å². The molecule has 3 fully saturated rings. The highest BCUT2D eigenvalue weighted by atomic mass is 16.6. The number of ether oxygens (including phenoxy) is 2. The molecule has 2 aliphatic heterocycles. The summed E-state index contributed by atoms with van der Waals surface area (Å²) in [5.74, 6) is -1.99. The van der Waals surface area contributed by atoms with E-state index in [4.69, 9.17) is 9.47 Å². The molecule has 3 unspecified atom stereocenters. The van der Waals surface area contributed by atoms with Crippen LogP contribution in [-0.2, 0) is 24.5 Å². The Bertz CT molecular complexity index is 949. The number of hydroxylamine groups is 1. The number of piperazine rings is 1. The van der Waals surface area contributed by atoms with Crippen molar-refractivity contribution in [2.45, 2.75) is 51.6 Å². The number of hydrogen-bond donors (Lipinski definition) is 2. The number of anilines is 1. The molecule has 1 aromatic carbocycles. The van der Waals surface area contributed by atoms with Crippen LogP contribution in [0.2, 0.25) is 0 Å². The number of benzene rings is 1. The summed E-state index contributed by atoms with van der Waals surface area (Å²) in [6, 6.07) is 8.60. The third-order valence-corrected chi connectivity index (χ3v) is 7.79. The van der Waals surface area contributed by atoms with Crippen LogP contribution in [0.15, 0.2) is 24.3 Å². The molecule has 0 aromatic heterocycles. The lowest BCUT2D eigenvalue weighted by Gasteiger charge is -2.41. The molecule has 2 N–H and O–H groups in total. The van der Waals surface area contributed by atoms with Crippen LogP contribution < -0.4 is 10.4 Å². The van der Waals surface area contributed by atoms with Gasteiger partial charge in [0.25, 0.3) is 0 Å². The largest absolute Gasteiger partial charge is 0.446 e. The fourth-order valence-electron chi connectivity index (χ4n) is 5.46. The summed E-state index contributed by atoms with van der Waals surface area (Å²) < 4.78 is 10.9. The first-order valence-corrected chi connectivity index (χ1v) is 13.3. The second kappa shape index (κ2) is 11.7. The van der Waals surface area contributed by atoms with Crippen molar-refractivity contribution < 1.29 is 29.1 Å². The average molecular weight is 517 g/mol. The maximum atomic E-state index is 13.5. The van der Waals surface area contributed by atoms with Gasteiger partial charge >= 0.3 is 6.09 Å². The Hall–Kier alpha value is -2.85. The van der Waals surface area contributed by atoms with Gasteiger partial charge in [0, 0.05) is 45.0 Å². The van der Waals surface area contributed by atoms with E-state index < -0.39 is 29.9 Å². The minimum absolute atomic E-state index is 0.0747. The molecule has 37 heavy (non-hydrogen) atoms. The van der Waals surface area contributed by atoms with Crippen molar-refractivity contribution in [3.8, 4) is 0 Å². The average Bonchev–Trinajstić information content (AvgIpc) is 2.92. The SMILES string of the molecule is CC(C)(C)c1ccc(N2CCN(C(=O)C3CCC(OC(=O)N4CCOCC4)CC3C(=O)NO)CC2)cc1. The fraction of sp³-hybridized carbons (Fsp3) is 0.667. The van der Waals surface area contributed by atoms with Crippen LogP contribution in [0, 0.1) is 11.8 Å². The zero-order valence-electron chi connectivity index (χ0n) is 22.1. The lowest BCUT2D eigenvalue weighted by molar-refractivity contribution is -0.149. The highest BCUT2D eigenvalue weighted by Gasteiger charge is 2.43. The van der Waals surface area contributed by atoms with E-state index in [1.54, 1.807) is 10.4 Å². The fourth-order valence-corrected chi connectivity index (χ4v) is 5.46. The molecule has 0 radical (unpaired) electrons. The van der Waals surface area contributed by atoms with Crippen LogP contribution in [0.1, 0.15) is 45.6 Å². The van der Waals surface area contributed by atoms with Gasteiger partial charge in [-0.2, -0.15) is 0 Å². The van der Waals surface area contributed by atoms with E-state index in [1.165, 1.54) is 5.56 Å². The Morgan fingerprint density at radius 3 is 2.16 bits per heavy atom. The molecule has 0 spiro atoms. The molecule has 4 rings (SSSR count). The Balaban J connectivity index is 1.33. The molecule has 1 saturated carbocycles. The number of nitrogens with zero attached hydrogens (tertiary/aromatic N) is 3. The van der Waals surface area contributed by atoms with Crippen molar-refractivity contribution in [2.75, 3.05) is 57.4 Å². The molecule has 3 amide bonds. The van der Waals surface area contributed by atoms with Crippen molar-refractivity contribution in [1.29, 1.82) is 0 Å². The molecule has 3 atom stereocenters. The van der Waals surface area contributed by atoms with E-state index >= 15 is 0 Å². The summed E-state index contributed by atoms with van der Waals surface area (Å²) in [5.41, 5.74) is 4.24. The summed E-state index contributed by atoms with van der Waals surface area (Å²) >= 11 is 0. The molecule has 2 saturated heterocycles. The molecular weight excluding hydrogens is 476 g/mol. The number of carbonyl (C=O) groups is 3. The summed E-state index contributed by atoms with van der Waals surface area (Å²) in [4.78, 5) is 44.2. The van der Waals surface area contributed by atoms with Crippen molar-refractivity contribution in [3.63, 3.8) is 0 Å². The smallest absolute Gasteiger partial charge is 0.410 e. The molecule has 1 aliphatic carbocycles. The van der Waals surface area contributed by atoms with Gasteiger partial charge in [-0.05, 0) is 42.4 Å². The molecule has 0 bridgehead atoms. The highest BCUT2D eigenvalue weighted by Crippen LogP contribution is 2.34. The molecule has 10 heteroatoms. The number of nitrogens with one attached hydrogen (secondary N) is 1. The van der Waals surface area contributed by atoms with Crippen LogP contribution in [0.4, 0.5) is 10.5 Å². The maximum Gasteiger partial charge on any atom is 0.410 e. The molecule has 3 aliphatic rings. The van der Waals surface area contributed by atoms with E-state index in [-0.39, 0.29) is 17.7 Å². The molecular formula is C27H40N4O6. The minimum Gasteiger partial charge on any atom is -0.446 e. The number of amides is 3. The topological polar surface area (TPSA) is 112 Å². The monoisotopic (exact) mass is 516 g/mol. The van der Waals surface area contributed by atoms with Crippen molar-refractivity contribution in [3.05, 3.63) is 29.8 Å². The first kappa shape index (κ1) is 27.2. The Morgan fingerprint density at radius 2 is 1.57 bits per heavy atom. The van der Waals surface area contributed by atoms with E-state index in [1.807, 2.05) is 4.90 Å². The van der Waals surface area contributed by atoms with Crippen LogP contribution in [0.5, 0.6) is 0 Å². The van der Waals surface area contributed by atoms with Gasteiger partial charge in [0.2, 0.25) is 11.8 Å². The summed E-state index contributed by atoms with van der Waals surface area (Å²) in [6.45, 7) is 11.0. The number of carbonyl (C=O) groups excluding carboxylic acids is 3. The molecule has 204 valence electrons. The second-order valence-electron chi connectivity index (χ2n) is 11.2. The van der Waals surface area contributed by atoms with Crippen LogP contribution >= 0.6 is 0 Å². The van der Waals surface area contributed by atoms with E-state index in [2.05, 4.69) is 49.9 Å². The first-order valence-electron chi connectivity index (χ1n) is 13.3. The summed E-state index contributed by atoms with van der Waals surface area (Å²) in [7, 11) is 0. The van der Waals surface area contributed by atoms with Gasteiger partial charge in [0.15, 0.2) is 0 Å². The zero-order valence-corrected chi connectivity index (χ0v) is 22.1. The number of morpholine rings is 1. The normalized spacial score (nSPS) is 25.0. The van der Waals surface area contributed by atoms with Crippen molar-refractivity contribution >= 4 is 23.6 Å². The van der Waals surface area contributed by atoms with Crippen LogP contribution in [0.3, 0.4) is 0 Å². The molecule has 1 aromatic rings. The minimum atomic E-state index is -0.753. The third kappa shape index (κ3) is 6.54. The summed E-state index contributed by atoms with van der Waals surface area (Å²) in [6.07, 6.45) is 0.232. The standard InChI is InChI=1S/C27H40N4O6/c1-27(2,3)19-4-6-20(7-5-19)29-10-12-30(13-11-29)25(33)22-9-8-21(18-23(22)24(32)28-35)37-26(34)31-14-16-36-17-15-31/h4-7,21-23,35H,8-18H2,1-3H3,(H,28,32). The van der Waals surface area contributed by atoms with Gasteiger partial charge in [-0.15, -0.1) is 0 Å². The number of hydrogen-bond acceptors (Lipinski definition) is 7. The van der Waals surface area contributed by atoms with E-state index in [9.17, 15) is 19.6 Å². The Morgan fingerprint density at radius 1 is 0.919 bits per heavy atom. The molecule has 10 nitrogen and oxygen atoms in total. The first-order chi connectivity index (χ1) is 17.7. The lowest BCUT2D eigenvalue weighted by atomic mass is 9.76. The maximum absolute atomic E-state index is 13.5. The van der Waals surface area contributed by atoms with Gasteiger partial charge in [-0.25, -0.2) is 10.3 Å². The second-order valence-corrected chi connectivity index (χ2v) is 11.2. The van der Waals surface area contributed by atoms with E-state index in [0.29, 0.717) is 65.3 Å². The Kier molecular flexibility index (Phi) is 8.59. The summed E-state index contributed by atoms with van der Waals surface area (Å²) in [5, 5.41) is 9.34. The van der Waals surface area contributed by atoms with Gasteiger partial charge < -0.3 is 24.2 Å². The van der Waals surface area contributed by atoms with Gasteiger partial charge in [0.05, 0.1) is 25.0 Å². The number of rotatable bonds is 4. The molecule has 2 heterocycles. The van der Waals surface area contributed by atoms with Gasteiger partial charge in [-0.3, -0.25) is 14.8 Å². The van der Waals surface area contributed by atoms with E-state index in [0.717, 1.165) is 5.69 Å². The van der Waals surface area contributed by atoms with Gasteiger partial charge in [0.1, 0.15) is 6.10 Å². The van der Waals surface area contributed by atoms with Crippen molar-refractivity contribution in [2.24, 2.45) is 11.8 Å². The lowest BCUT2D eigenvalue weighted by Crippen LogP contribution is -2.53.